The molecule has 0 amide bonds. The normalized spacial score (nSPS) is 23.9. The van der Waals surface area contributed by atoms with Gasteiger partial charge in [0.1, 0.15) is 11.8 Å². The number of nitrogens with one attached hydrogen (secondary N) is 1. The maximum Gasteiger partial charge on any atom is 0.326 e. The number of ether oxygens (including phenoxy) is 1. The molecule has 0 bridgehead atoms. The zero-order valence-corrected chi connectivity index (χ0v) is 12.1. The fourth-order valence-electron chi connectivity index (χ4n) is 3.10. The third-order valence-electron chi connectivity index (χ3n) is 4.13. The van der Waals surface area contributed by atoms with Gasteiger partial charge in [0, 0.05) is 0 Å². The Kier molecular flexibility index (Phi) is 4.88. The van der Waals surface area contributed by atoms with Crippen LogP contribution in [0.1, 0.15) is 32.6 Å². The fraction of sp³-hybridized carbons (Fsp3) is 0.562. The van der Waals surface area contributed by atoms with E-state index in [1.807, 2.05) is 24.3 Å². The van der Waals surface area contributed by atoms with Gasteiger partial charge in [0.15, 0.2) is 0 Å². The molecule has 0 saturated heterocycles. The number of hydrogen-bond acceptors (Lipinski definition) is 3. The smallest absolute Gasteiger partial charge is 0.326 e. The van der Waals surface area contributed by atoms with E-state index in [-0.39, 0.29) is 5.92 Å². The molecule has 0 aliphatic heterocycles. The van der Waals surface area contributed by atoms with E-state index in [0.29, 0.717) is 11.7 Å². The summed E-state index contributed by atoms with van der Waals surface area (Å²) in [4.78, 5) is 11.6. The van der Waals surface area contributed by atoms with Crippen LogP contribution >= 0.6 is 0 Å². The lowest BCUT2D eigenvalue weighted by atomic mass is 9.78. The highest BCUT2D eigenvalue weighted by Crippen LogP contribution is 2.33. The fourth-order valence-corrected chi connectivity index (χ4v) is 3.10. The maximum absolute atomic E-state index is 11.6. The summed E-state index contributed by atoms with van der Waals surface area (Å²) in [6, 6.07) is 6.91. The van der Waals surface area contributed by atoms with E-state index in [0.717, 1.165) is 24.9 Å². The van der Waals surface area contributed by atoms with Crippen LogP contribution < -0.4 is 10.1 Å². The lowest BCUT2D eigenvalue weighted by Gasteiger charge is -2.32. The summed E-state index contributed by atoms with van der Waals surface area (Å²) < 4.78 is 5.28. The van der Waals surface area contributed by atoms with Crippen molar-refractivity contribution < 1.29 is 14.6 Å². The van der Waals surface area contributed by atoms with Gasteiger partial charge >= 0.3 is 5.97 Å². The molecule has 4 nitrogen and oxygen atoms in total. The zero-order chi connectivity index (χ0) is 14.5. The maximum atomic E-state index is 11.6. The minimum Gasteiger partial charge on any atom is -0.495 e. The van der Waals surface area contributed by atoms with Gasteiger partial charge in [-0.25, -0.2) is 4.79 Å². The van der Waals surface area contributed by atoms with Crippen molar-refractivity contribution in [3.8, 4) is 5.75 Å². The molecule has 3 unspecified atom stereocenters. The number of para-hydroxylation sites is 2. The van der Waals surface area contributed by atoms with Crippen molar-refractivity contribution in [2.24, 2.45) is 11.8 Å². The molecule has 3 atom stereocenters. The van der Waals surface area contributed by atoms with Crippen LogP contribution in [0.5, 0.6) is 5.75 Å². The van der Waals surface area contributed by atoms with Crippen LogP contribution in [0.2, 0.25) is 0 Å². The summed E-state index contributed by atoms with van der Waals surface area (Å²) in [5.74, 6) is 0.689. The molecular weight excluding hydrogens is 254 g/mol. The standard InChI is InChI=1S/C16H23NO3/c1-11-6-5-7-12(10-11)15(16(18)19)17-13-8-3-4-9-14(13)20-2/h3-4,8-9,11-12,15,17H,5-7,10H2,1-2H3,(H,18,19). The van der Waals surface area contributed by atoms with Crippen molar-refractivity contribution in [3.05, 3.63) is 24.3 Å². The van der Waals surface area contributed by atoms with E-state index in [9.17, 15) is 9.90 Å². The van der Waals surface area contributed by atoms with Crippen LogP contribution in [0, 0.1) is 11.8 Å². The molecule has 4 heteroatoms. The largest absolute Gasteiger partial charge is 0.495 e. The Morgan fingerprint density at radius 1 is 1.40 bits per heavy atom. The van der Waals surface area contributed by atoms with Gasteiger partial charge in [-0.15, -0.1) is 0 Å². The Bertz CT molecular complexity index is 461. The topological polar surface area (TPSA) is 58.6 Å². The van der Waals surface area contributed by atoms with Crippen molar-refractivity contribution in [1.29, 1.82) is 0 Å². The minimum atomic E-state index is -0.782. The molecule has 110 valence electrons. The SMILES string of the molecule is COc1ccccc1NC(C(=O)O)C1CCCC(C)C1. The highest BCUT2D eigenvalue weighted by Gasteiger charge is 2.31. The molecule has 0 radical (unpaired) electrons. The van der Waals surface area contributed by atoms with Gasteiger partial charge in [-0.2, -0.15) is 0 Å². The third-order valence-corrected chi connectivity index (χ3v) is 4.13. The van der Waals surface area contributed by atoms with Crippen molar-refractivity contribution in [2.75, 3.05) is 12.4 Å². The summed E-state index contributed by atoms with van der Waals surface area (Å²) in [6.45, 7) is 2.20. The second-order valence-electron chi connectivity index (χ2n) is 5.69. The Morgan fingerprint density at radius 2 is 2.15 bits per heavy atom. The van der Waals surface area contributed by atoms with E-state index in [2.05, 4.69) is 12.2 Å². The Morgan fingerprint density at radius 3 is 2.80 bits per heavy atom. The van der Waals surface area contributed by atoms with Gasteiger partial charge in [0.25, 0.3) is 0 Å². The average Bonchev–Trinajstić information content (AvgIpc) is 2.44. The first-order valence-corrected chi connectivity index (χ1v) is 7.24. The van der Waals surface area contributed by atoms with Crippen molar-refractivity contribution >= 4 is 11.7 Å². The first kappa shape index (κ1) is 14.7. The number of carbonyl (C=O) groups is 1. The van der Waals surface area contributed by atoms with E-state index in [1.165, 1.54) is 6.42 Å². The molecule has 1 aliphatic rings. The molecule has 0 aromatic heterocycles. The van der Waals surface area contributed by atoms with Crippen molar-refractivity contribution in [1.82, 2.24) is 0 Å². The van der Waals surface area contributed by atoms with Crippen LogP contribution in [0.3, 0.4) is 0 Å². The van der Waals surface area contributed by atoms with Crippen molar-refractivity contribution in [2.45, 2.75) is 38.6 Å². The van der Waals surface area contributed by atoms with Gasteiger partial charge < -0.3 is 15.2 Å². The number of methoxy groups -OCH3 is 1. The van der Waals surface area contributed by atoms with E-state index < -0.39 is 12.0 Å². The summed E-state index contributed by atoms with van der Waals surface area (Å²) in [5, 5.41) is 12.7. The first-order chi connectivity index (χ1) is 9.61. The highest BCUT2D eigenvalue weighted by atomic mass is 16.5. The summed E-state index contributed by atoms with van der Waals surface area (Å²) >= 11 is 0. The van der Waals surface area contributed by atoms with Crippen LogP contribution in [0.4, 0.5) is 5.69 Å². The monoisotopic (exact) mass is 277 g/mol. The van der Waals surface area contributed by atoms with Gasteiger partial charge in [0.2, 0.25) is 0 Å². The molecule has 1 aliphatic carbocycles. The molecule has 0 spiro atoms. The third kappa shape index (κ3) is 3.44. The van der Waals surface area contributed by atoms with E-state index in [4.69, 9.17) is 4.74 Å². The van der Waals surface area contributed by atoms with E-state index in [1.54, 1.807) is 7.11 Å². The van der Waals surface area contributed by atoms with Crippen molar-refractivity contribution in [3.63, 3.8) is 0 Å². The number of aliphatic carboxylic acids is 1. The molecule has 2 rings (SSSR count). The average molecular weight is 277 g/mol. The molecule has 1 aromatic rings. The number of carboxylic acids is 1. The molecule has 2 N–H and O–H groups in total. The van der Waals surface area contributed by atoms with Gasteiger partial charge in [-0.05, 0) is 36.8 Å². The lowest BCUT2D eigenvalue weighted by molar-refractivity contribution is -0.139. The number of carboxylic acid groups (broad SMARTS) is 1. The molecule has 0 heterocycles. The number of benzene rings is 1. The van der Waals surface area contributed by atoms with E-state index >= 15 is 0 Å². The second kappa shape index (κ2) is 6.64. The Labute approximate surface area is 120 Å². The first-order valence-electron chi connectivity index (χ1n) is 7.24. The Balaban J connectivity index is 2.15. The quantitative estimate of drug-likeness (QED) is 0.866. The summed E-state index contributed by atoms with van der Waals surface area (Å²) in [6.07, 6.45) is 4.27. The molecular formula is C16H23NO3. The summed E-state index contributed by atoms with van der Waals surface area (Å²) in [7, 11) is 1.60. The minimum absolute atomic E-state index is 0.182. The van der Waals surface area contributed by atoms with Crippen LogP contribution in [-0.4, -0.2) is 24.2 Å². The van der Waals surface area contributed by atoms with Gasteiger partial charge in [0.05, 0.1) is 12.8 Å². The van der Waals surface area contributed by atoms with Gasteiger partial charge in [-0.3, -0.25) is 0 Å². The number of rotatable bonds is 5. The molecule has 1 saturated carbocycles. The summed E-state index contributed by atoms with van der Waals surface area (Å²) in [5.41, 5.74) is 0.751. The number of anilines is 1. The predicted octanol–water partition coefficient (Wildman–Crippen LogP) is 3.39. The molecule has 20 heavy (non-hydrogen) atoms. The number of hydrogen-bond donors (Lipinski definition) is 2. The van der Waals surface area contributed by atoms with Crippen LogP contribution in [0.25, 0.3) is 0 Å². The molecule has 1 fully saturated rings. The lowest BCUT2D eigenvalue weighted by Crippen LogP contribution is -2.39. The highest BCUT2D eigenvalue weighted by molar-refractivity contribution is 5.78. The Hall–Kier alpha value is -1.71. The van der Waals surface area contributed by atoms with Crippen LogP contribution in [-0.2, 0) is 4.79 Å². The molecule has 1 aromatic carbocycles. The van der Waals surface area contributed by atoms with Crippen LogP contribution in [0.15, 0.2) is 24.3 Å². The van der Waals surface area contributed by atoms with Gasteiger partial charge in [-0.1, -0.05) is 31.9 Å². The predicted molar refractivity (Wildman–Crippen MR) is 79.2 cm³/mol. The zero-order valence-electron chi connectivity index (χ0n) is 12.1. The second-order valence-corrected chi connectivity index (χ2v) is 5.69.